The van der Waals surface area contributed by atoms with E-state index < -0.39 is 10.0 Å². The molecule has 0 aliphatic carbocycles. The number of carbonyl (C=O) groups excluding carboxylic acids is 1. The summed E-state index contributed by atoms with van der Waals surface area (Å²) in [7, 11) is -3.80. The van der Waals surface area contributed by atoms with Crippen molar-refractivity contribution < 1.29 is 13.2 Å². The van der Waals surface area contributed by atoms with E-state index in [1.54, 1.807) is 47.4 Å². The highest BCUT2D eigenvalue weighted by Crippen LogP contribution is 2.22. The Kier molecular flexibility index (Phi) is 5.43. The van der Waals surface area contributed by atoms with E-state index in [1.807, 2.05) is 6.07 Å². The van der Waals surface area contributed by atoms with Crippen LogP contribution < -0.4 is 0 Å². The van der Waals surface area contributed by atoms with Crippen LogP contribution in [-0.2, 0) is 10.0 Å². The third kappa shape index (κ3) is 3.75. The number of nitriles is 1. The second kappa shape index (κ2) is 8.03. The number of hydrogen-bond donors (Lipinski definition) is 0. The normalized spacial score (nSPS) is 15.1. The van der Waals surface area contributed by atoms with Crippen molar-refractivity contribution in [2.24, 2.45) is 0 Å². The molecule has 4 rings (SSSR count). The quantitative estimate of drug-likeness (QED) is 0.583. The summed E-state index contributed by atoms with van der Waals surface area (Å²) >= 11 is 5.90. The monoisotopic (exact) mass is 440 g/mol. The Bertz CT molecular complexity index is 1280. The number of amides is 1. The van der Waals surface area contributed by atoms with Crippen LogP contribution in [0.5, 0.6) is 0 Å². The zero-order chi connectivity index (χ0) is 21.3. The fraction of sp³-hybridized carbons (Fsp3) is 0.190. The third-order valence-electron chi connectivity index (χ3n) is 5.05. The van der Waals surface area contributed by atoms with Crippen LogP contribution in [0.25, 0.3) is 10.9 Å². The van der Waals surface area contributed by atoms with Gasteiger partial charge >= 0.3 is 0 Å². The highest BCUT2D eigenvalue weighted by atomic mass is 35.5. The second-order valence-corrected chi connectivity index (χ2v) is 9.14. The molecular weight excluding hydrogens is 424 g/mol. The number of piperazine rings is 1. The minimum absolute atomic E-state index is 0.00651. The van der Waals surface area contributed by atoms with Gasteiger partial charge in [0.25, 0.3) is 5.91 Å². The SMILES string of the molecule is N#Cc1ccccc1S(=O)(=O)N1CCN(C(=O)c2ccc3nc(Cl)ccc3c2)CC1. The highest BCUT2D eigenvalue weighted by Gasteiger charge is 2.31. The molecule has 152 valence electrons. The summed E-state index contributed by atoms with van der Waals surface area (Å²) in [6, 6.07) is 16.7. The van der Waals surface area contributed by atoms with Crippen LogP contribution in [0.3, 0.4) is 0 Å². The van der Waals surface area contributed by atoms with Crippen LogP contribution in [0, 0.1) is 11.3 Å². The number of nitrogens with zero attached hydrogens (tertiary/aromatic N) is 4. The van der Waals surface area contributed by atoms with E-state index in [1.165, 1.54) is 16.4 Å². The molecule has 1 saturated heterocycles. The summed E-state index contributed by atoms with van der Waals surface area (Å²) in [5.41, 5.74) is 1.32. The van der Waals surface area contributed by atoms with Crippen LogP contribution in [0.4, 0.5) is 0 Å². The molecule has 1 aliphatic heterocycles. The maximum Gasteiger partial charge on any atom is 0.253 e. The lowest BCUT2D eigenvalue weighted by Crippen LogP contribution is -2.50. The molecule has 1 aromatic heterocycles. The molecule has 0 atom stereocenters. The van der Waals surface area contributed by atoms with Gasteiger partial charge in [0.1, 0.15) is 11.2 Å². The molecule has 2 heterocycles. The standard InChI is InChI=1S/C21H17ClN4O3S/c22-20-8-6-15-13-16(5-7-18(15)24-20)21(27)25-9-11-26(12-10-25)30(28,29)19-4-2-1-3-17(19)14-23/h1-8,13H,9-12H2. The second-order valence-electron chi connectivity index (χ2n) is 6.85. The van der Waals surface area contributed by atoms with Gasteiger partial charge in [0.05, 0.1) is 16.0 Å². The van der Waals surface area contributed by atoms with Gasteiger partial charge in [-0.25, -0.2) is 13.4 Å². The predicted molar refractivity (Wildman–Crippen MR) is 113 cm³/mol. The predicted octanol–water partition coefficient (Wildman–Crippen LogP) is 2.91. The van der Waals surface area contributed by atoms with Gasteiger partial charge in [0.2, 0.25) is 10.0 Å². The van der Waals surface area contributed by atoms with E-state index in [0.29, 0.717) is 16.2 Å². The Labute approximate surface area is 179 Å². The van der Waals surface area contributed by atoms with Crippen molar-refractivity contribution in [3.05, 3.63) is 70.9 Å². The molecule has 0 N–H and O–H groups in total. The van der Waals surface area contributed by atoms with Gasteiger partial charge in [-0.15, -0.1) is 0 Å². The van der Waals surface area contributed by atoms with Crippen LogP contribution in [-0.4, -0.2) is 54.7 Å². The van der Waals surface area contributed by atoms with Crippen molar-refractivity contribution >= 4 is 38.4 Å². The fourth-order valence-corrected chi connectivity index (χ4v) is 5.19. The average Bonchev–Trinajstić information content (AvgIpc) is 2.78. The first-order valence-corrected chi connectivity index (χ1v) is 11.1. The Morgan fingerprint density at radius 3 is 2.50 bits per heavy atom. The molecule has 0 unspecified atom stereocenters. The largest absolute Gasteiger partial charge is 0.336 e. The number of aromatic nitrogens is 1. The van der Waals surface area contributed by atoms with Gasteiger partial charge in [0, 0.05) is 37.1 Å². The van der Waals surface area contributed by atoms with Gasteiger partial charge in [-0.1, -0.05) is 23.7 Å². The molecule has 0 bridgehead atoms. The maximum atomic E-state index is 12.9. The first-order valence-electron chi connectivity index (χ1n) is 9.25. The van der Waals surface area contributed by atoms with Crippen LogP contribution in [0.1, 0.15) is 15.9 Å². The fourth-order valence-electron chi connectivity index (χ4n) is 3.47. The number of rotatable bonds is 3. The van der Waals surface area contributed by atoms with Crippen molar-refractivity contribution in [2.45, 2.75) is 4.90 Å². The van der Waals surface area contributed by atoms with E-state index in [2.05, 4.69) is 4.98 Å². The first kappa shape index (κ1) is 20.3. The Morgan fingerprint density at radius 1 is 1.03 bits per heavy atom. The van der Waals surface area contributed by atoms with E-state index in [9.17, 15) is 18.5 Å². The van der Waals surface area contributed by atoms with Gasteiger partial charge in [-0.3, -0.25) is 4.79 Å². The van der Waals surface area contributed by atoms with E-state index in [4.69, 9.17) is 11.6 Å². The maximum absolute atomic E-state index is 12.9. The lowest BCUT2D eigenvalue weighted by molar-refractivity contribution is 0.0698. The van der Waals surface area contributed by atoms with Crippen molar-refractivity contribution in [3.8, 4) is 6.07 Å². The molecular formula is C21H17ClN4O3S. The number of pyridine rings is 1. The molecule has 3 aromatic rings. The van der Waals surface area contributed by atoms with Gasteiger partial charge in [-0.05, 0) is 42.5 Å². The third-order valence-corrected chi connectivity index (χ3v) is 7.22. The van der Waals surface area contributed by atoms with Crippen molar-refractivity contribution in [2.75, 3.05) is 26.2 Å². The average molecular weight is 441 g/mol. The lowest BCUT2D eigenvalue weighted by atomic mass is 10.1. The number of hydrogen-bond acceptors (Lipinski definition) is 5. The molecule has 2 aromatic carbocycles. The summed E-state index contributed by atoms with van der Waals surface area (Å²) in [5, 5.41) is 10.4. The summed E-state index contributed by atoms with van der Waals surface area (Å²) < 4.78 is 27.2. The van der Waals surface area contributed by atoms with E-state index >= 15 is 0 Å². The molecule has 7 nitrogen and oxygen atoms in total. The summed E-state index contributed by atoms with van der Waals surface area (Å²) in [6.45, 7) is 0.866. The number of carbonyl (C=O) groups is 1. The lowest BCUT2D eigenvalue weighted by Gasteiger charge is -2.34. The molecule has 0 spiro atoms. The molecule has 1 fully saturated rings. The molecule has 0 radical (unpaired) electrons. The molecule has 1 amide bonds. The minimum atomic E-state index is -3.80. The van der Waals surface area contributed by atoms with Crippen LogP contribution in [0.15, 0.2) is 59.5 Å². The first-order chi connectivity index (χ1) is 14.4. The number of sulfonamides is 1. The molecule has 1 aliphatic rings. The Morgan fingerprint density at radius 2 is 1.77 bits per heavy atom. The smallest absolute Gasteiger partial charge is 0.253 e. The molecule has 9 heteroatoms. The van der Waals surface area contributed by atoms with Crippen molar-refractivity contribution in [1.29, 1.82) is 5.26 Å². The summed E-state index contributed by atoms with van der Waals surface area (Å²) in [5.74, 6) is -0.165. The Hall–Kier alpha value is -2.99. The highest BCUT2D eigenvalue weighted by molar-refractivity contribution is 7.89. The zero-order valence-electron chi connectivity index (χ0n) is 15.8. The van der Waals surface area contributed by atoms with Gasteiger partial charge in [0.15, 0.2) is 0 Å². The van der Waals surface area contributed by atoms with Gasteiger partial charge < -0.3 is 4.90 Å². The van der Waals surface area contributed by atoms with E-state index in [-0.39, 0.29) is 42.5 Å². The number of fused-ring (bicyclic) bond motifs is 1. The van der Waals surface area contributed by atoms with Crippen molar-refractivity contribution in [3.63, 3.8) is 0 Å². The Balaban J connectivity index is 1.50. The van der Waals surface area contributed by atoms with Crippen LogP contribution in [0.2, 0.25) is 5.15 Å². The van der Waals surface area contributed by atoms with E-state index in [0.717, 1.165) is 5.39 Å². The summed E-state index contributed by atoms with van der Waals surface area (Å²) in [6.07, 6.45) is 0. The minimum Gasteiger partial charge on any atom is -0.336 e. The van der Waals surface area contributed by atoms with Gasteiger partial charge in [-0.2, -0.15) is 9.57 Å². The molecule has 0 saturated carbocycles. The number of halogens is 1. The number of benzene rings is 2. The summed E-state index contributed by atoms with van der Waals surface area (Å²) in [4.78, 5) is 18.7. The molecule has 30 heavy (non-hydrogen) atoms. The van der Waals surface area contributed by atoms with Crippen LogP contribution >= 0.6 is 11.6 Å². The zero-order valence-corrected chi connectivity index (χ0v) is 17.4. The van der Waals surface area contributed by atoms with Crippen molar-refractivity contribution in [1.82, 2.24) is 14.2 Å². The topological polar surface area (TPSA) is 94.4 Å².